The van der Waals surface area contributed by atoms with E-state index in [9.17, 15) is 17.6 Å². The summed E-state index contributed by atoms with van der Waals surface area (Å²) in [6.07, 6.45) is 1.74. The maximum absolute atomic E-state index is 13.0. The molecule has 3 rings (SSSR count). The van der Waals surface area contributed by atoms with Gasteiger partial charge in [-0.3, -0.25) is 9.52 Å². The zero-order valence-corrected chi connectivity index (χ0v) is 14.9. The van der Waals surface area contributed by atoms with E-state index in [4.69, 9.17) is 5.73 Å². The SMILES string of the molecule is NCC1CCCN1C(=O)c1cccc(S(=O)(=O)Nc2ccc(F)cc2)c1. The van der Waals surface area contributed by atoms with E-state index in [-0.39, 0.29) is 22.5 Å². The highest BCUT2D eigenvalue weighted by Crippen LogP contribution is 2.22. The van der Waals surface area contributed by atoms with Crippen LogP contribution >= 0.6 is 0 Å². The van der Waals surface area contributed by atoms with Crippen LogP contribution in [0.3, 0.4) is 0 Å². The molecule has 1 atom stereocenters. The molecule has 1 amide bonds. The molecule has 0 radical (unpaired) electrons. The zero-order valence-electron chi connectivity index (χ0n) is 14.1. The molecule has 1 fully saturated rings. The molecular weight excluding hydrogens is 357 g/mol. The number of amides is 1. The molecular formula is C18H20FN3O3S. The highest BCUT2D eigenvalue weighted by Gasteiger charge is 2.29. The Labute approximate surface area is 151 Å². The normalized spacial score (nSPS) is 17.3. The average molecular weight is 377 g/mol. The van der Waals surface area contributed by atoms with Crippen LogP contribution in [0, 0.1) is 5.82 Å². The van der Waals surface area contributed by atoms with Crippen LogP contribution in [0.5, 0.6) is 0 Å². The molecule has 0 saturated carbocycles. The highest BCUT2D eigenvalue weighted by molar-refractivity contribution is 7.92. The minimum absolute atomic E-state index is 0.0138. The molecule has 1 saturated heterocycles. The van der Waals surface area contributed by atoms with Gasteiger partial charge < -0.3 is 10.6 Å². The largest absolute Gasteiger partial charge is 0.334 e. The van der Waals surface area contributed by atoms with Gasteiger partial charge in [0, 0.05) is 30.4 Å². The van der Waals surface area contributed by atoms with Gasteiger partial charge in [-0.1, -0.05) is 6.07 Å². The number of nitrogens with two attached hydrogens (primary N) is 1. The van der Waals surface area contributed by atoms with Crippen molar-refractivity contribution in [2.24, 2.45) is 5.73 Å². The highest BCUT2D eigenvalue weighted by atomic mass is 32.2. The summed E-state index contributed by atoms with van der Waals surface area (Å²) in [5.74, 6) is -0.683. The van der Waals surface area contributed by atoms with E-state index in [0.29, 0.717) is 18.7 Å². The first kappa shape index (κ1) is 18.3. The van der Waals surface area contributed by atoms with Crippen LogP contribution in [0.2, 0.25) is 0 Å². The van der Waals surface area contributed by atoms with Crippen molar-refractivity contribution in [3.8, 4) is 0 Å². The standard InChI is InChI=1S/C18H20FN3O3S/c19-14-6-8-15(9-7-14)21-26(24,25)17-5-1-3-13(11-17)18(23)22-10-2-4-16(22)12-20/h1,3,5-9,11,16,21H,2,4,10,12,20H2. The van der Waals surface area contributed by atoms with Gasteiger partial charge in [-0.15, -0.1) is 0 Å². The second kappa shape index (κ2) is 7.43. The summed E-state index contributed by atoms with van der Waals surface area (Å²) in [5.41, 5.74) is 6.25. The molecule has 0 aromatic heterocycles. The molecule has 6 nitrogen and oxygen atoms in total. The molecule has 0 spiro atoms. The van der Waals surface area contributed by atoms with Gasteiger partial charge in [0.05, 0.1) is 4.90 Å². The number of hydrogen-bond acceptors (Lipinski definition) is 4. The minimum Gasteiger partial charge on any atom is -0.334 e. The van der Waals surface area contributed by atoms with Gasteiger partial charge in [-0.05, 0) is 55.3 Å². The molecule has 0 aliphatic carbocycles. The first-order valence-corrected chi connectivity index (χ1v) is 9.78. The fraction of sp³-hybridized carbons (Fsp3) is 0.278. The van der Waals surface area contributed by atoms with Crippen molar-refractivity contribution in [1.82, 2.24) is 4.90 Å². The molecule has 8 heteroatoms. The molecule has 1 unspecified atom stereocenters. The number of sulfonamides is 1. The Morgan fingerprint density at radius 3 is 2.65 bits per heavy atom. The third kappa shape index (κ3) is 3.86. The second-order valence-corrected chi connectivity index (χ2v) is 7.85. The second-order valence-electron chi connectivity index (χ2n) is 6.17. The Hall–Kier alpha value is -2.45. The molecule has 2 aromatic carbocycles. The van der Waals surface area contributed by atoms with Crippen molar-refractivity contribution < 1.29 is 17.6 Å². The lowest BCUT2D eigenvalue weighted by molar-refractivity contribution is 0.0741. The Balaban J connectivity index is 1.84. The summed E-state index contributed by atoms with van der Waals surface area (Å²) in [4.78, 5) is 14.4. The molecule has 1 heterocycles. The van der Waals surface area contributed by atoms with Crippen LogP contribution < -0.4 is 10.5 Å². The first-order chi connectivity index (χ1) is 12.4. The van der Waals surface area contributed by atoms with Crippen molar-refractivity contribution in [1.29, 1.82) is 0 Å². The van der Waals surface area contributed by atoms with Crippen LogP contribution in [0.4, 0.5) is 10.1 Å². The van der Waals surface area contributed by atoms with E-state index in [1.807, 2.05) is 0 Å². The fourth-order valence-corrected chi connectivity index (χ4v) is 4.15. The van der Waals surface area contributed by atoms with E-state index in [1.54, 1.807) is 11.0 Å². The number of benzene rings is 2. The summed E-state index contributed by atoms with van der Waals surface area (Å²) >= 11 is 0. The number of carbonyl (C=O) groups is 1. The van der Waals surface area contributed by atoms with Gasteiger partial charge in [-0.2, -0.15) is 0 Å². The third-order valence-electron chi connectivity index (χ3n) is 4.40. The van der Waals surface area contributed by atoms with Crippen LogP contribution in [-0.4, -0.2) is 38.4 Å². The molecule has 3 N–H and O–H groups in total. The quantitative estimate of drug-likeness (QED) is 0.835. The number of nitrogens with zero attached hydrogens (tertiary/aromatic N) is 1. The minimum atomic E-state index is -3.89. The first-order valence-electron chi connectivity index (χ1n) is 8.30. The summed E-state index contributed by atoms with van der Waals surface area (Å²) in [6, 6.07) is 10.9. The Bertz CT molecular complexity index is 900. The molecule has 0 bridgehead atoms. The van der Waals surface area contributed by atoms with Gasteiger partial charge in [0.15, 0.2) is 0 Å². The lowest BCUT2D eigenvalue weighted by Gasteiger charge is -2.23. The smallest absolute Gasteiger partial charge is 0.261 e. The predicted molar refractivity (Wildman–Crippen MR) is 96.8 cm³/mol. The van der Waals surface area contributed by atoms with E-state index in [2.05, 4.69) is 4.72 Å². The topological polar surface area (TPSA) is 92.5 Å². The van der Waals surface area contributed by atoms with Crippen molar-refractivity contribution >= 4 is 21.6 Å². The number of likely N-dealkylation sites (tertiary alicyclic amines) is 1. The molecule has 1 aliphatic heterocycles. The van der Waals surface area contributed by atoms with Crippen molar-refractivity contribution in [3.05, 3.63) is 59.9 Å². The maximum Gasteiger partial charge on any atom is 0.261 e. The van der Waals surface area contributed by atoms with E-state index >= 15 is 0 Å². The van der Waals surface area contributed by atoms with Crippen LogP contribution in [0.15, 0.2) is 53.4 Å². The van der Waals surface area contributed by atoms with Gasteiger partial charge in [0.25, 0.3) is 15.9 Å². The third-order valence-corrected chi connectivity index (χ3v) is 5.78. The monoisotopic (exact) mass is 377 g/mol. The van der Waals surface area contributed by atoms with Gasteiger partial charge >= 0.3 is 0 Å². The number of hydrogen-bond donors (Lipinski definition) is 2. The summed E-state index contributed by atoms with van der Waals surface area (Å²) in [7, 11) is -3.89. The maximum atomic E-state index is 13.0. The average Bonchev–Trinajstić information content (AvgIpc) is 3.12. The number of halogens is 1. The van der Waals surface area contributed by atoms with Crippen molar-refractivity contribution in [2.45, 2.75) is 23.8 Å². The van der Waals surface area contributed by atoms with Gasteiger partial charge in [0.1, 0.15) is 5.82 Å². The van der Waals surface area contributed by atoms with E-state index in [1.165, 1.54) is 30.3 Å². The Morgan fingerprint density at radius 2 is 1.96 bits per heavy atom. The van der Waals surface area contributed by atoms with E-state index < -0.39 is 15.8 Å². The summed E-state index contributed by atoms with van der Waals surface area (Å²) in [5, 5.41) is 0. The van der Waals surface area contributed by atoms with Crippen molar-refractivity contribution in [2.75, 3.05) is 17.8 Å². The number of rotatable bonds is 5. The van der Waals surface area contributed by atoms with Crippen LogP contribution in [-0.2, 0) is 10.0 Å². The number of anilines is 1. The molecule has 2 aromatic rings. The molecule has 138 valence electrons. The molecule has 26 heavy (non-hydrogen) atoms. The number of nitrogens with one attached hydrogen (secondary N) is 1. The van der Waals surface area contributed by atoms with Gasteiger partial charge in [0.2, 0.25) is 0 Å². The lowest BCUT2D eigenvalue weighted by atomic mass is 10.1. The molecule has 1 aliphatic rings. The zero-order chi connectivity index (χ0) is 18.7. The van der Waals surface area contributed by atoms with Gasteiger partial charge in [-0.25, -0.2) is 12.8 Å². The summed E-state index contributed by atoms with van der Waals surface area (Å²) in [6.45, 7) is 1.00. The van der Waals surface area contributed by atoms with E-state index in [0.717, 1.165) is 25.0 Å². The predicted octanol–water partition coefficient (Wildman–Crippen LogP) is 2.19. The number of carbonyl (C=O) groups excluding carboxylic acids is 1. The fourth-order valence-electron chi connectivity index (χ4n) is 3.04. The lowest BCUT2D eigenvalue weighted by Crippen LogP contribution is -2.39. The van der Waals surface area contributed by atoms with Crippen molar-refractivity contribution in [3.63, 3.8) is 0 Å². The Morgan fingerprint density at radius 1 is 1.23 bits per heavy atom. The van der Waals surface area contributed by atoms with Crippen LogP contribution in [0.1, 0.15) is 23.2 Å². The van der Waals surface area contributed by atoms with Crippen LogP contribution in [0.25, 0.3) is 0 Å². The Kier molecular flexibility index (Phi) is 5.24. The summed E-state index contributed by atoms with van der Waals surface area (Å²) < 4.78 is 40.4.